The smallest absolute Gasteiger partial charge is 0.313 e. The number of nitro groups is 1. The molecule has 0 N–H and O–H groups in total. The van der Waals surface area contributed by atoms with E-state index in [1.165, 1.54) is 25.5 Å². The average Bonchev–Trinajstić information content (AvgIpc) is 3.32. The van der Waals surface area contributed by atoms with Crippen molar-refractivity contribution in [3.63, 3.8) is 0 Å². The van der Waals surface area contributed by atoms with E-state index in [9.17, 15) is 14.9 Å². The van der Waals surface area contributed by atoms with E-state index < -0.39 is 10.5 Å². The Hall–Kier alpha value is -4.70. The van der Waals surface area contributed by atoms with Crippen LogP contribution in [0.4, 0.5) is 5.69 Å². The van der Waals surface area contributed by atoms with Gasteiger partial charge in [-0.25, -0.2) is 4.98 Å². The molecular weight excluding hydrogens is 488 g/mol. The molecule has 5 rings (SSSR count). The minimum Gasteiger partial charge on any atom is -0.496 e. The van der Waals surface area contributed by atoms with Crippen LogP contribution < -0.4 is 15.0 Å². The monoisotopic (exact) mass is 504 g/mol. The van der Waals surface area contributed by atoms with Crippen molar-refractivity contribution < 1.29 is 18.8 Å². The third-order valence-corrected chi connectivity index (χ3v) is 5.71. The number of fused-ring (bicyclic) bond motifs is 2. The topological polar surface area (TPSA) is 122 Å². The second-order valence-corrected chi connectivity index (χ2v) is 8.04. The highest BCUT2D eigenvalue weighted by atomic mass is 35.5. The largest absolute Gasteiger partial charge is 0.496 e. The Morgan fingerprint density at radius 1 is 1.08 bits per heavy atom. The Morgan fingerprint density at radius 3 is 2.64 bits per heavy atom. The summed E-state index contributed by atoms with van der Waals surface area (Å²) < 4.78 is 17.7. The Morgan fingerprint density at radius 2 is 1.89 bits per heavy atom. The summed E-state index contributed by atoms with van der Waals surface area (Å²) in [5.74, 6) is 0.948. The maximum atomic E-state index is 13.5. The third-order valence-electron chi connectivity index (χ3n) is 5.49. The fourth-order valence-electron chi connectivity index (χ4n) is 3.89. The number of furan rings is 1. The van der Waals surface area contributed by atoms with Crippen LogP contribution >= 0.6 is 11.6 Å². The Kier molecular flexibility index (Phi) is 5.87. The first kappa shape index (κ1) is 23.1. The normalized spacial score (nSPS) is 11.4. The summed E-state index contributed by atoms with van der Waals surface area (Å²) in [6.45, 7) is 0. The van der Waals surface area contributed by atoms with Crippen molar-refractivity contribution in [3.05, 3.63) is 91.7 Å². The predicted molar refractivity (Wildman–Crippen MR) is 135 cm³/mol. The van der Waals surface area contributed by atoms with E-state index in [4.69, 9.17) is 25.5 Å². The van der Waals surface area contributed by atoms with Gasteiger partial charge in [-0.15, -0.1) is 0 Å². The molecular formula is C25H17ClN4O6. The summed E-state index contributed by atoms with van der Waals surface area (Å²) in [5.41, 5.74) is 0.394. The second kappa shape index (κ2) is 9.16. The van der Waals surface area contributed by atoms with Crippen LogP contribution in [0.5, 0.6) is 11.5 Å². The zero-order valence-corrected chi connectivity index (χ0v) is 19.7. The molecule has 0 saturated carbocycles. The molecule has 0 saturated heterocycles. The minimum absolute atomic E-state index is 0.0510. The summed E-state index contributed by atoms with van der Waals surface area (Å²) in [4.78, 5) is 28.9. The van der Waals surface area contributed by atoms with Crippen LogP contribution in [0.25, 0.3) is 33.5 Å². The number of methoxy groups -OCH3 is 2. The van der Waals surface area contributed by atoms with Crippen LogP contribution in [0.15, 0.2) is 75.0 Å². The van der Waals surface area contributed by atoms with Gasteiger partial charge in [0, 0.05) is 16.7 Å². The molecule has 0 bridgehead atoms. The number of aromatic nitrogens is 2. The molecule has 0 unspecified atom stereocenters. The average molecular weight is 505 g/mol. The van der Waals surface area contributed by atoms with Gasteiger partial charge in [0.15, 0.2) is 5.76 Å². The van der Waals surface area contributed by atoms with Crippen molar-refractivity contribution in [3.8, 4) is 23.1 Å². The van der Waals surface area contributed by atoms with Crippen LogP contribution in [-0.2, 0) is 0 Å². The van der Waals surface area contributed by atoms with E-state index in [0.29, 0.717) is 27.6 Å². The first-order valence-corrected chi connectivity index (χ1v) is 10.9. The highest BCUT2D eigenvalue weighted by Crippen LogP contribution is 2.34. The molecule has 0 amide bonds. The first-order valence-electron chi connectivity index (χ1n) is 10.6. The van der Waals surface area contributed by atoms with Crippen molar-refractivity contribution in [1.29, 1.82) is 0 Å². The van der Waals surface area contributed by atoms with Gasteiger partial charge in [0.25, 0.3) is 5.56 Å². The lowest BCUT2D eigenvalue weighted by Gasteiger charge is -2.09. The molecule has 3 aromatic carbocycles. The molecule has 0 aliphatic heterocycles. The molecule has 180 valence electrons. The molecule has 0 radical (unpaired) electrons. The van der Waals surface area contributed by atoms with Crippen molar-refractivity contribution >= 4 is 45.4 Å². The van der Waals surface area contributed by atoms with Gasteiger partial charge in [0.2, 0.25) is 11.6 Å². The van der Waals surface area contributed by atoms with Gasteiger partial charge in [-0.3, -0.25) is 14.9 Å². The number of halogens is 1. The Labute approximate surface area is 208 Å². The van der Waals surface area contributed by atoms with Crippen LogP contribution in [-0.4, -0.2) is 35.0 Å². The van der Waals surface area contributed by atoms with Crippen LogP contribution in [0.2, 0.25) is 5.02 Å². The second-order valence-electron chi connectivity index (χ2n) is 7.60. The van der Waals surface area contributed by atoms with Crippen molar-refractivity contribution in [1.82, 2.24) is 9.66 Å². The molecule has 0 atom stereocenters. The SMILES string of the molecule is COc1c(C=Nn2c(-c3cc4c(OC)cccc4o3)nc3ccccc3c2=O)cc(Cl)cc1[N+](=O)[O-]. The number of benzene rings is 3. The molecule has 0 aliphatic carbocycles. The number of hydrogen-bond donors (Lipinski definition) is 0. The van der Waals surface area contributed by atoms with E-state index in [0.717, 1.165) is 4.68 Å². The van der Waals surface area contributed by atoms with Crippen molar-refractivity contribution in [2.24, 2.45) is 5.10 Å². The van der Waals surface area contributed by atoms with Gasteiger partial charge in [-0.2, -0.15) is 9.78 Å². The van der Waals surface area contributed by atoms with E-state index in [-0.39, 0.29) is 33.6 Å². The van der Waals surface area contributed by atoms with Crippen LogP contribution in [0, 0.1) is 10.1 Å². The number of para-hydroxylation sites is 1. The number of ether oxygens (including phenoxy) is 2. The predicted octanol–water partition coefficient (Wildman–Crippen LogP) is 5.27. The maximum absolute atomic E-state index is 13.5. The zero-order chi connectivity index (χ0) is 25.4. The van der Waals surface area contributed by atoms with E-state index >= 15 is 0 Å². The highest BCUT2D eigenvalue weighted by molar-refractivity contribution is 6.31. The lowest BCUT2D eigenvalue weighted by atomic mass is 10.2. The standard InChI is InChI=1S/C25H17ClN4O6/c1-34-20-8-5-9-21-17(20)12-22(36-21)24-28-18-7-4-3-6-16(18)25(31)29(24)27-13-14-10-15(26)11-19(30(32)33)23(14)35-2/h3-13H,1-2H3. The van der Waals surface area contributed by atoms with E-state index in [1.807, 2.05) is 0 Å². The van der Waals surface area contributed by atoms with Gasteiger partial charge in [-0.05, 0) is 36.4 Å². The van der Waals surface area contributed by atoms with Gasteiger partial charge < -0.3 is 13.9 Å². The fraction of sp³-hybridized carbons (Fsp3) is 0.0800. The summed E-state index contributed by atoms with van der Waals surface area (Å²) >= 11 is 6.09. The Balaban J connectivity index is 1.75. The van der Waals surface area contributed by atoms with Crippen molar-refractivity contribution in [2.75, 3.05) is 14.2 Å². The third kappa shape index (κ3) is 3.93. The van der Waals surface area contributed by atoms with Crippen LogP contribution in [0.3, 0.4) is 0 Å². The van der Waals surface area contributed by atoms with Gasteiger partial charge in [-0.1, -0.05) is 29.8 Å². The number of rotatable bonds is 6. The molecule has 0 fully saturated rings. The molecule has 2 aromatic heterocycles. The number of hydrogen-bond acceptors (Lipinski definition) is 8. The molecule has 36 heavy (non-hydrogen) atoms. The zero-order valence-electron chi connectivity index (χ0n) is 19.0. The quantitative estimate of drug-likeness (QED) is 0.175. The maximum Gasteiger partial charge on any atom is 0.313 e. The first-order chi connectivity index (χ1) is 17.4. The number of nitro benzene ring substituents is 1. The summed E-state index contributed by atoms with van der Waals surface area (Å²) in [7, 11) is 2.85. The van der Waals surface area contributed by atoms with Gasteiger partial charge in [0.1, 0.15) is 11.3 Å². The summed E-state index contributed by atoms with van der Waals surface area (Å²) in [6, 6.07) is 16.5. The van der Waals surface area contributed by atoms with Gasteiger partial charge in [0.05, 0.1) is 41.6 Å². The lowest BCUT2D eigenvalue weighted by molar-refractivity contribution is -0.385. The molecule has 11 heteroatoms. The lowest BCUT2D eigenvalue weighted by Crippen LogP contribution is -2.20. The molecule has 10 nitrogen and oxygen atoms in total. The summed E-state index contributed by atoms with van der Waals surface area (Å²) in [5, 5.41) is 16.9. The van der Waals surface area contributed by atoms with Crippen molar-refractivity contribution in [2.45, 2.75) is 0 Å². The minimum atomic E-state index is -0.612. The molecule has 5 aromatic rings. The van der Waals surface area contributed by atoms with E-state index in [2.05, 4.69) is 10.1 Å². The Bertz CT molecular complexity index is 1740. The summed E-state index contributed by atoms with van der Waals surface area (Å²) in [6.07, 6.45) is 1.25. The highest BCUT2D eigenvalue weighted by Gasteiger charge is 2.21. The molecule has 0 aliphatic rings. The number of nitrogens with zero attached hydrogens (tertiary/aromatic N) is 4. The van der Waals surface area contributed by atoms with Crippen LogP contribution in [0.1, 0.15) is 5.56 Å². The van der Waals surface area contributed by atoms with Gasteiger partial charge >= 0.3 is 5.69 Å². The molecule has 0 spiro atoms. The molecule has 2 heterocycles. The van der Waals surface area contributed by atoms with E-state index in [1.54, 1.807) is 55.6 Å². The fourth-order valence-corrected chi connectivity index (χ4v) is 4.11.